The highest BCUT2D eigenvalue weighted by molar-refractivity contribution is 7.10. The van der Waals surface area contributed by atoms with Crippen molar-refractivity contribution in [1.29, 1.82) is 0 Å². The Kier molecular flexibility index (Phi) is 4.26. The van der Waals surface area contributed by atoms with Gasteiger partial charge in [-0.15, -0.1) is 11.3 Å². The first-order chi connectivity index (χ1) is 12.4. The molecule has 1 saturated heterocycles. The molecular formula is C20H24N2O3S. The summed E-state index contributed by atoms with van der Waals surface area (Å²) in [7, 11) is 0. The lowest BCUT2D eigenvalue weighted by Gasteiger charge is -2.19. The standard InChI is InChI=1S/C20H24N2O3S/c1-4-5-12-8-11(9-26-12)18(23)21-22-19(24)16-13-6-7-14(15(13)10(2)3)17(16)20(22)25/h8-9,13-14,16-17H,4-7H2,1-3H3,(H,21,23)/t13-,14-,16+,17+/m1/s1. The number of allylic oxidation sites excluding steroid dienone is 2. The number of thiophene rings is 1. The first kappa shape index (κ1) is 17.5. The van der Waals surface area contributed by atoms with E-state index in [0.717, 1.165) is 35.6 Å². The fourth-order valence-electron chi connectivity index (χ4n) is 5.14. The smallest absolute Gasteiger partial charge is 0.271 e. The van der Waals surface area contributed by atoms with E-state index in [9.17, 15) is 14.4 Å². The van der Waals surface area contributed by atoms with Crippen molar-refractivity contribution < 1.29 is 14.4 Å². The zero-order valence-corrected chi connectivity index (χ0v) is 16.2. The van der Waals surface area contributed by atoms with E-state index in [-0.39, 0.29) is 41.4 Å². The molecule has 1 N–H and O–H groups in total. The molecule has 4 rings (SSSR count). The molecule has 1 aliphatic heterocycles. The molecule has 1 aromatic heterocycles. The van der Waals surface area contributed by atoms with Crippen molar-refractivity contribution >= 4 is 29.1 Å². The van der Waals surface area contributed by atoms with Crippen LogP contribution >= 0.6 is 11.3 Å². The van der Waals surface area contributed by atoms with Crippen LogP contribution in [0, 0.1) is 23.7 Å². The molecule has 0 aromatic carbocycles. The second-order valence-corrected chi connectivity index (χ2v) is 8.80. The number of amides is 3. The van der Waals surface area contributed by atoms with Crippen LogP contribution < -0.4 is 5.43 Å². The fourth-order valence-corrected chi connectivity index (χ4v) is 6.12. The van der Waals surface area contributed by atoms with E-state index in [1.807, 2.05) is 6.07 Å². The Morgan fingerprint density at radius 1 is 1.19 bits per heavy atom. The number of carbonyl (C=O) groups excluding carboxylic acids is 3. The van der Waals surface area contributed by atoms with Crippen LogP contribution in [-0.2, 0) is 16.0 Å². The molecular weight excluding hydrogens is 348 g/mol. The van der Waals surface area contributed by atoms with Crippen molar-refractivity contribution in [1.82, 2.24) is 10.4 Å². The molecule has 3 fully saturated rings. The Morgan fingerprint density at radius 3 is 2.35 bits per heavy atom. The fraction of sp³-hybridized carbons (Fsp3) is 0.550. The molecule has 3 aliphatic rings. The number of nitrogens with zero attached hydrogens (tertiary/aromatic N) is 1. The first-order valence-corrected chi connectivity index (χ1v) is 10.3. The van der Waals surface area contributed by atoms with Crippen molar-refractivity contribution in [3.05, 3.63) is 33.0 Å². The maximum Gasteiger partial charge on any atom is 0.271 e. The number of hydrogen-bond acceptors (Lipinski definition) is 4. The molecule has 2 bridgehead atoms. The van der Waals surface area contributed by atoms with Crippen LogP contribution in [0.25, 0.3) is 0 Å². The molecule has 1 aromatic rings. The molecule has 2 heterocycles. The van der Waals surface area contributed by atoms with Gasteiger partial charge in [0.25, 0.3) is 17.7 Å². The number of nitrogens with one attached hydrogen (secondary N) is 1. The van der Waals surface area contributed by atoms with E-state index in [4.69, 9.17) is 0 Å². The van der Waals surface area contributed by atoms with Gasteiger partial charge in [0, 0.05) is 10.3 Å². The molecule has 26 heavy (non-hydrogen) atoms. The largest absolute Gasteiger partial charge is 0.272 e. The topological polar surface area (TPSA) is 66.5 Å². The Labute approximate surface area is 157 Å². The number of hydrazine groups is 1. The zero-order valence-electron chi connectivity index (χ0n) is 15.4. The molecule has 0 unspecified atom stereocenters. The van der Waals surface area contributed by atoms with Crippen molar-refractivity contribution in [3.8, 4) is 0 Å². The number of aryl methyl sites for hydroxylation is 1. The van der Waals surface area contributed by atoms with Crippen molar-refractivity contribution in [2.45, 2.75) is 46.5 Å². The molecule has 2 saturated carbocycles. The summed E-state index contributed by atoms with van der Waals surface area (Å²) < 4.78 is 0. The lowest BCUT2D eigenvalue weighted by Crippen LogP contribution is -2.47. The van der Waals surface area contributed by atoms with Gasteiger partial charge in [-0.3, -0.25) is 19.8 Å². The van der Waals surface area contributed by atoms with Crippen LogP contribution in [0.4, 0.5) is 0 Å². The van der Waals surface area contributed by atoms with E-state index >= 15 is 0 Å². The van der Waals surface area contributed by atoms with Crippen molar-refractivity contribution in [2.24, 2.45) is 23.7 Å². The Bertz CT molecular complexity index is 789. The van der Waals surface area contributed by atoms with Crippen molar-refractivity contribution in [3.63, 3.8) is 0 Å². The molecule has 138 valence electrons. The van der Waals surface area contributed by atoms with Gasteiger partial charge in [-0.2, -0.15) is 5.01 Å². The average Bonchev–Trinajstić information content (AvgIpc) is 3.34. The van der Waals surface area contributed by atoms with Crippen LogP contribution in [0.1, 0.15) is 55.3 Å². The van der Waals surface area contributed by atoms with E-state index in [1.165, 1.54) is 22.5 Å². The number of hydrogen-bond donors (Lipinski definition) is 1. The molecule has 3 amide bonds. The predicted molar refractivity (Wildman–Crippen MR) is 99.2 cm³/mol. The second kappa shape index (κ2) is 6.34. The highest BCUT2D eigenvalue weighted by Crippen LogP contribution is 2.59. The van der Waals surface area contributed by atoms with E-state index < -0.39 is 0 Å². The minimum absolute atomic E-state index is 0.172. The third-order valence-electron chi connectivity index (χ3n) is 6.06. The summed E-state index contributed by atoms with van der Waals surface area (Å²) in [4.78, 5) is 39.5. The maximum atomic E-state index is 12.9. The average molecular weight is 372 g/mol. The number of imide groups is 1. The monoisotopic (exact) mass is 372 g/mol. The van der Waals surface area contributed by atoms with Crippen molar-refractivity contribution in [2.75, 3.05) is 0 Å². The number of rotatable bonds is 4. The van der Waals surface area contributed by atoms with Crippen LogP contribution in [0.15, 0.2) is 22.6 Å². The first-order valence-electron chi connectivity index (χ1n) is 9.37. The number of fused-ring (bicyclic) bond motifs is 5. The lowest BCUT2D eigenvalue weighted by atomic mass is 9.81. The Balaban J connectivity index is 1.53. The summed E-state index contributed by atoms with van der Waals surface area (Å²) >= 11 is 1.54. The number of carbonyl (C=O) groups is 3. The highest BCUT2D eigenvalue weighted by Gasteiger charge is 2.63. The van der Waals surface area contributed by atoms with Crippen LogP contribution in [0.5, 0.6) is 0 Å². The van der Waals surface area contributed by atoms with Gasteiger partial charge in [0.15, 0.2) is 0 Å². The van der Waals surface area contributed by atoms with Gasteiger partial charge in [-0.25, -0.2) is 0 Å². The third kappa shape index (κ3) is 2.46. The van der Waals surface area contributed by atoms with Crippen LogP contribution in [0.3, 0.4) is 0 Å². The summed E-state index contributed by atoms with van der Waals surface area (Å²) in [5.41, 5.74) is 5.65. The zero-order chi connectivity index (χ0) is 18.6. The lowest BCUT2D eigenvalue weighted by molar-refractivity contribution is -0.143. The summed E-state index contributed by atoms with van der Waals surface area (Å²) in [6, 6.07) is 1.85. The van der Waals surface area contributed by atoms with Gasteiger partial charge in [-0.05, 0) is 51.0 Å². The summed E-state index contributed by atoms with van der Waals surface area (Å²) in [5, 5.41) is 2.79. The van der Waals surface area contributed by atoms with Gasteiger partial charge in [0.05, 0.1) is 17.4 Å². The van der Waals surface area contributed by atoms with E-state index in [1.54, 1.807) is 5.38 Å². The molecule has 2 aliphatic carbocycles. The normalized spacial score (nSPS) is 29.5. The third-order valence-corrected chi connectivity index (χ3v) is 7.05. The van der Waals surface area contributed by atoms with E-state index in [2.05, 4.69) is 26.2 Å². The van der Waals surface area contributed by atoms with Crippen LogP contribution in [-0.4, -0.2) is 22.7 Å². The van der Waals surface area contributed by atoms with Gasteiger partial charge in [0.1, 0.15) is 0 Å². The summed E-state index contributed by atoms with van der Waals surface area (Å²) in [5.74, 6) is -1.07. The summed E-state index contributed by atoms with van der Waals surface area (Å²) in [6.45, 7) is 6.23. The molecule has 0 spiro atoms. The predicted octanol–water partition coefficient (Wildman–Crippen LogP) is 3.32. The van der Waals surface area contributed by atoms with E-state index in [0.29, 0.717) is 5.56 Å². The second-order valence-electron chi connectivity index (χ2n) is 7.80. The van der Waals surface area contributed by atoms with Gasteiger partial charge < -0.3 is 0 Å². The van der Waals surface area contributed by atoms with Gasteiger partial charge >= 0.3 is 0 Å². The molecule has 4 atom stereocenters. The minimum Gasteiger partial charge on any atom is -0.272 e. The Morgan fingerprint density at radius 2 is 1.81 bits per heavy atom. The van der Waals surface area contributed by atoms with Gasteiger partial charge in [-0.1, -0.05) is 24.5 Å². The Hall–Kier alpha value is -1.95. The maximum absolute atomic E-state index is 12.9. The summed E-state index contributed by atoms with van der Waals surface area (Å²) in [6.07, 6.45) is 3.89. The molecule has 0 radical (unpaired) electrons. The van der Waals surface area contributed by atoms with Gasteiger partial charge in [0.2, 0.25) is 0 Å². The highest BCUT2D eigenvalue weighted by atomic mass is 32.1. The molecule has 6 heteroatoms. The SMILES string of the molecule is CCCc1cc(C(=O)NN2C(=O)[C@@H]3[C@@H](C2=O)[C@@H]2CC[C@@H]3C2=C(C)C)cs1. The van der Waals surface area contributed by atoms with Crippen LogP contribution in [0.2, 0.25) is 0 Å². The quantitative estimate of drug-likeness (QED) is 0.651. The minimum atomic E-state index is -0.375. The molecule has 5 nitrogen and oxygen atoms in total.